The number of para-hydroxylation sites is 1. The Morgan fingerprint density at radius 2 is 1.71 bits per heavy atom. The summed E-state index contributed by atoms with van der Waals surface area (Å²) in [4.78, 5) is 41.3. The molecule has 0 bridgehead atoms. The molecular weight excluding hydrogens is 567 g/mol. The van der Waals surface area contributed by atoms with Crippen molar-refractivity contribution >= 4 is 50.1 Å². The Morgan fingerprint density at radius 3 is 2.36 bits per heavy atom. The third-order valence-corrected chi connectivity index (χ3v) is 8.60. The Hall–Kier alpha value is -3.54. The summed E-state index contributed by atoms with van der Waals surface area (Å²) in [7, 11) is 5.93. The number of hydrogen-bond donors (Lipinski definition) is 2. The molecule has 1 aromatic carbocycles. The number of thiol groups is 1. The maximum atomic E-state index is 13.0. The van der Waals surface area contributed by atoms with Crippen LogP contribution in [0, 0.1) is 6.92 Å². The van der Waals surface area contributed by atoms with Crippen LogP contribution >= 0.6 is 24.0 Å². The van der Waals surface area contributed by atoms with Crippen molar-refractivity contribution < 1.29 is 0 Å². The highest BCUT2D eigenvalue weighted by atomic mass is 32.1. The predicted octanol–water partition coefficient (Wildman–Crippen LogP) is 5.63. The molecule has 0 spiro atoms. The molecule has 0 saturated heterocycles. The van der Waals surface area contributed by atoms with Crippen LogP contribution in [0.15, 0.2) is 69.6 Å². The molecule has 0 aliphatic heterocycles. The van der Waals surface area contributed by atoms with Gasteiger partial charge in [0.2, 0.25) is 0 Å². The van der Waals surface area contributed by atoms with Crippen LogP contribution in [0.1, 0.15) is 50.9 Å². The van der Waals surface area contributed by atoms with E-state index in [9.17, 15) is 9.59 Å². The molecule has 0 radical (unpaired) electrons. The summed E-state index contributed by atoms with van der Waals surface area (Å²) in [6, 6.07) is 11.7. The highest BCUT2D eigenvalue weighted by molar-refractivity contribution is 7.80. The zero-order chi connectivity index (χ0) is 30.2. The van der Waals surface area contributed by atoms with Crippen LogP contribution in [0.5, 0.6) is 0 Å². The normalized spacial score (nSPS) is 13.3. The van der Waals surface area contributed by atoms with Gasteiger partial charge in [0.05, 0.1) is 33.5 Å². The monoisotopic (exact) mass is 605 g/mol. The zero-order valence-corrected chi connectivity index (χ0v) is 26.6. The number of pyridine rings is 1. The van der Waals surface area contributed by atoms with Crippen LogP contribution in [0.3, 0.4) is 0 Å². The second kappa shape index (κ2) is 14.6. The summed E-state index contributed by atoms with van der Waals surface area (Å²) in [5.41, 5.74) is 2.61. The molecule has 9 nitrogen and oxygen atoms in total. The number of aromatic nitrogens is 5. The molecule has 5 aromatic rings. The maximum absolute atomic E-state index is 13.0. The van der Waals surface area contributed by atoms with E-state index in [0.29, 0.717) is 16.8 Å². The van der Waals surface area contributed by atoms with Gasteiger partial charge >= 0.3 is 0 Å². The molecule has 1 saturated carbocycles. The molecule has 1 fully saturated rings. The second-order valence-corrected chi connectivity index (χ2v) is 11.8. The first kappa shape index (κ1) is 31.4. The molecule has 222 valence electrons. The van der Waals surface area contributed by atoms with E-state index in [2.05, 4.69) is 39.8 Å². The number of fused-ring (bicyclic) bond motifs is 3. The average Bonchev–Trinajstić information content (AvgIpc) is 3.41. The second-order valence-electron chi connectivity index (χ2n) is 10.3. The highest BCUT2D eigenvalue weighted by Crippen LogP contribution is 2.36. The van der Waals surface area contributed by atoms with Crippen LogP contribution in [-0.4, -0.2) is 51.8 Å². The van der Waals surface area contributed by atoms with Crippen LogP contribution in [0.4, 0.5) is 5.69 Å². The maximum Gasteiger partial charge on any atom is 0.271 e. The molecule has 11 heteroatoms. The molecular formula is C31H39N7O2S2. The number of anilines is 1. The van der Waals surface area contributed by atoms with E-state index in [0.717, 1.165) is 51.2 Å². The Kier molecular flexibility index (Phi) is 10.9. The Bertz CT molecular complexity index is 1740. The first-order chi connectivity index (χ1) is 20.3. The number of nitrogens with zero attached hydrogens (tertiary/aromatic N) is 6. The lowest BCUT2D eigenvalue weighted by atomic mass is 9.95. The summed E-state index contributed by atoms with van der Waals surface area (Å²) in [6.45, 7) is 4.93. The summed E-state index contributed by atoms with van der Waals surface area (Å²) in [5.74, 6) is 0.656. The molecule has 1 aliphatic rings. The van der Waals surface area contributed by atoms with Gasteiger partial charge in [-0.1, -0.05) is 44.4 Å². The number of thiophene rings is 1. The lowest BCUT2D eigenvalue weighted by Gasteiger charge is -2.23. The van der Waals surface area contributed by atoms with Gasteiger partial charge < -0.3 is 10.2 Å². The predicted molar refractivity (Wildman–Crippen MR) is 177 cm³/mol. The minimum atomic E-state index is -0.142. The van der Waals surface area contributed by atoms with Gasteiger partial charge in [0.25, 0.3) is 11.1 Å². The summed E-state index contributed by atoms with van der Waals surface area (Å²) < 4.78 is 4.13. The van der Waals surface area contributed by atoms with E-state index in [1.165, 1.54) is 36.8 Å². The van der Waals surface area contributed by atoms with Crippen molar-refractivity contribution in [2.75, 3.05) is 32.6 Å². The Balaban J connectivity index is 0.000000184. The summed E-state index contributed by atoms with van der Waals surface area (Å²) >= 11 is 5.53. The highest BCUT2D eigenvalue weighted by Gasteiger charge is 2.21. The van der Waals surface area contributed by atoms with Gasteiger partial charge in [-0.15, -0.1) is 24.0 Å². The fourth-order valence-corrected chi connectivity index (χ4v) is 6.16. The number of benzene rings is 1. The van der Waals surface area contributed by atoms with Gasteiger partial charge in [-0.3, -0.25) is 18.7 Å². The van der Waals surface area contributed by atoms with Crippen molar-refractivity contribution in [1.82, 2.24) is 29.4 Å². The van der Waals surface area contributed by atoms with E-state index < -0.39 is 0 Å². The summed E-state index contributed by atoms with van der Waals surface area (Å²) in [5, 5.41) is 3.92. The molecule has 0 atom stereocenters. The molecule has 0 unspecified atom stereocenters. The third-order valence-electron chi connectivity index (χ3n) is 7.22. The molecule has 1 aliphatic carbocycles. The van der Waals surface area contributed by atoms with E-state index in [-0.39, 0.29) is 11.1 Å². The standard InChI is InChI=1S/C17H20N4OS.C11H10N2OS.C3H9N/c1-20(2)12-8-9-18-16-13(12)14-15(23-16)17(22)21(10-19-14)11-6-4-3-5-7-11;1-8-12-7-10(15)11(14)13(8)9-5-3-2-4-6-9;1-3-4-2/h8-11H,3-7H2,1-2H3;2-7,15H,1H3;4H,3H2,1-2H3. The average molecular weight is 606 g/mol. The van der Waals surface area contributed by atoms with E-state index >= 15 is 0 Å². The van der Waals surface area contributed by atoms with Crippen LogP contribution in [-0.2, 0) is 0 Å². The zero-order valence-electron chi connectivity index (χ0n) is 24.9. The first-order valence-electron chi connectivity index (χ1n) is 14.2. The van der Waals surface area contributed by atoms with Crippen molar-refractivity contribution in [3.63, 3.8) is 0 Å². The van der Waals surface area contributed by atoms with Crippen molar-refractivity contribution in [2.24, 2.45) is 0 Å². The quantitative estimate of drug-likeness (QED) is 0.256. The lowest BCUT2D eigenvalue weighted by Crippen LogP contribution is -2.26. The van der Waals surface area contributed by atoms with Crippen LogP contribution in [0.25, 0.3) is 26.1 Å². The minimum Gasteiger partial charge on any atom is -0.377 e. The number of aryl methyl sites for hydroxylation is 1. The molecule has 4 aromatic heterocycles. The largest absolute Gasteiger partial charge is 0.377 e. The SMILES string of the molecule is CCNC.CN(C)c1ccnc2sc3c(=O)n(C4CCCCC4)cnc3c12.Cc1ncc(S)c(=O)n1-c1ccccc1. The summed E-state index contributed by atoms with van der Waals surface area (Å²) in [6.07, 6.45) is 10.9. The minimum absolute atomic E-state index is 0.0922. The number of rotatable bonds is 4. The van der Waals surface area contributed by atoms with Gasteiger partial charge in [-0.25, -0.2) is 15.0 Å². The van der Waals surface area contributed by atoms with Crippen LogP contribution in [0.2, 0.25) is 0 Å². The van der Waals surface area contributed by atoms with Crippen molar-refractivity contribution in [2.45, 2.75) is 56.9 Å². The van der Waals surface area contributed by atoms with E-state index in [4.69, 9.17) is 0 Å². The van der Waals surface area contributed by atoms with E-state index in [1.54, 1.807) is 24.0 Å². The molecule has 4 heterocycles. The van der Waals surface area contributed by atoms with Crippen molar-refractivity contribution in [3.05, 3.63) is 81.7 Å². The van der Waals surface area contributed by atoms with Gasteiger partial charge in [0, 0.05) is 32.5 Å². The molecule has 1 N–H and O–H groups in total. The van der Waals surface area contributed by atoms with Crippen LogP contribution < -0.4 is 21.3 Å². The van der Waals surface area contributed by atoms with Crippen molar-refractivity contribution in [3.8, 4) is 5.69 Å². The number of hydrogen-bond acceptors (Lipinski definition) is 9. The fraction of sp³-hybridized carbons (Fsp3) is 0.387. The topological polar surface area (TPSA) is 97.9 Å². The smallest absolute Gasteiger partial charge is 0.271 e. The van der Waals surface area contributed by atoms with Crippen molar-refractivity contribution in [1.29, 1.82) is 0 Å². The molecule has 42 heavy (non-hydrogen) atoms. The molecule has 0 amide bonds. The van der Waals surface area contributed by atoms with Gasteiger partial charge in [-0.2, -0.15) is 0 Å². The van der Waals surface area contributed by atoms with E-state index in [1.807, 2.05) is 67.0 Å². The first-order valence-corrected chi connectivity index (χ1v) is 15.5. The van der Waals surface area contributed by atoms with Gasteiger partial charge in [0.1, 0.15) is 15.4 Å². The third kappa shape index (κ3) is 6.91. The molecule has 6 rings (SSSR count). The number of nitrogens with one attached hydrogen (secondary N) is 1. The van der Waals surface area contributed by atoms with Gasteiger partial charge in [0.15, 0.2) is 0 Å². The Labute approximate surface area is 255 Å². The Morgan fingerprint density at radius 1 is 1.02 bits per heavy atom. The fourth-order valence-electron chi connectivity index (χ4n) is 4.95. The van der Waals surface area contributed by atoms with Gasteiger partial charge in [-0.05, 0) is 51.6 Å². The lowest BCUT2D eigenvalue weighted by molar-refractivity contribution is 0.345.